The minimum atomic E-state index is -0.0687. The molecule has 25 heavy (non-hydrogen) atoms. The van der Waals surface area contributed by atoms with Crippen molar-refractivity contribution < 1.29 is 9.47 Å². The summed E-state index contributed by atoms with van der Waals surface area (Å²) in [7, 11) is 0. The van der Waals surface area contributed by atoms with E-state index < -0.39 is 0 Å². The van der Waals surface area contributed by atoms with E-state index in [2.05, 4.69) is 23.3 Å². The van der Waals surface area contributed by atoms with Gasteiger partial charge in [-0.15, -0.1) is 0 Å². The Bertz CT molecular complexity index is 1010. The third-order valence-electron chi connectivity index (χ3n) is 4.56. The van der Waals surface area contributed by atoms with Crippen LogP contribution >= 0.6 is 0 Å². The van der Waals surface area contributed by atoms with E-state index in [0.29, 0.717) is 25.3 Å². The summed E-state index contributed by atoms with van der Waals surface area (Å²) < 4.78 is 11.1. The van der Waals surface area contributed by atoms with Gasteiger partial charge in [0.15, 0.2) is 11.5 Å². The molecule has 2 N–H and O–H groups in total. The number of ether oxygens (including phenoxy) is 2. The first kappa shape index (κ1) is 15.6. The third-order valence-corrected chi connectivity index (χ3v) is 4.56. The summed E-state index contributed by atoms with van der Waals surface area (Å²) in [5.74, 6) is 1.49. The number of aromatic nitrogens is 1. The molecule has 0 saturated carbocycles. The quantitative estimate of drug-likeness (QED) is 0.768. The van der Waals surface area contributed by atoms with Crippen molar-refractivity contribution in [2.75, 3.05) is 18.5 Å². The zero-order valence-electron chi connectivity index (χ0n) is 14.3. The molecule has 0 fully saturated rings. The second-order valence-electron chi connectivity index (χ2n) is 6.36. The van der Waals surface area contributed by atoms with Crippen LogP contribution in [0.3, 0.4) is 0 Å². The van der Waals surface area contributed by atoms with Gasteiger partial charge in [-0.3, -0.25) is 4.79 Å². The summed E-state index contributed by atoms with van der Waals surface area (Å²) >= 11 is 0. The van der Waals surface area contributed by atoms with Gasteiger partial charge in [0.25, 0.3) is 5.56 Å². The van der Waals surface area contributed by atoms with Crippen molar-refractivity contribution in [1.82, 2.24) is 4.98 Å². The van der Waals surface area contributed by atoms with Crippen molar-refractivity contribution in [3.05, 3.63) is 63.4 Å². The van der Waals surface area contributed by atoms with Crippen molar-refractivity contribution in [1.29, 1.82) is 0 Å². The molecule has 1 aromatic heterocycles. The Morgan fingerprint density at radius 3 is 2.60 bits per heavy atom. The molecule has 3 aromatic rings. The summed E-state index contributed by atoms with van der Waals surface area (Å²) in [5, 5.41) is 4.33. The number of benzene rings is 2. The monoisotopic (exact) mass is 336 g/mol. The van der Waals surface area contributed by atoms with Gasteiger partial charge in [0, 0.05) is 29.4 Å². The molecule has 0 bridgehead atoms. The average Bonchev–Trinajstić information content (AvgIpc) is 2.61. The van der Waals surface area contributed by atoms with Crippen LogP contribution in [0.5, 0.6) is 11.5 Å². The average molecular weight is 336 g/mol. The van der Waals surface area contributed by atoms with Gasteiger partial charge in [-0.2, -0.15) is 0 Å². The Hall–Kier alpha value is -2.95. The highest BCUT2D eigenvalue weighted by molar-refractivity contribution is 5.80. The summed E-state index contributed by atoms with van der Waals surface area (Å²) in [4.78, 5) is 15.3. The fourth-order valence-corrected chi connectivity index (χ4v) is 3.00. The zero-order valence-corrected chi connectivity index (χ0v) is 14.3. The predicted octanol–water partition coefficient (Wildman–Crippen LogP) is 3.53. The smallest absolute Gasteiger partial charge is 0.253 e. The second-order valence-corrected chi connectivity index (χ2v) is 6.36. The van der Waals surface area contributed by atoms with E-state index in [1.807, 2.05) is 37.3 Å². The number of hydrogen-bond acceptors (Lipinski definition) is 4. The lowest BCUT2D eigenvalue weighted by Gasteiger charge is -2.19. The van der Waals surface area contributed by atoms with Crippen molar-refractivity contribution in [2.45, 2.75) is 20.4 Å². The second kappa shape index (κ2) is 6.16. The molecule has 1 aliphatic heterocycles. The molecule has 0 aliphatic carbocycles. The SMILES string of the molecule is Cc1cc2cc(CNc3ccc4c(c3)OCCO4)c(=O)[nH]c2cc1C. The first-order valence-electron chi connectivity index (χ1n) is 8.37. The highest BCUT2D eigenvalue weighted by Crippen LogP contribution is 2.32. The van der Waals surface area contributed by atoms with E-state index in [1.165, 1.54) is 11.1 Å². The van der Waals surface area contributed by atoms with Crippen molar-refractivity contribution in [3.8, 4) is 11.5 Å². The summed E-state index contributed by atoms with van der Waals surface area (Å²) in [6.45, 7) is 5.69. The molecular weight excluding hydrogens is 316 g/mol. The molecule has 5 nitrogen and oxygen atoms in total. The van der Waals surface area contributed by atoms with Crippen LogP contribution in [0.4, 0.5) is 5.69 Å². The number of rotatable bonds is 3. The molecule has 0 atom stereocenters. The zero-order chi connectivity index (χ0) is 17.4. The van der Waals surface area contributed by atoms with Crippen LogP contribution in [0.2, 0.25) is 0 Å². The Kier molecular flexibility index (Phi) is 3.84. The van der Waals surface area contributed by atoms with Crippen LogP contribution in [-0.2, 0) is 6.54 Å². The maximum absolute atomic E-state index is 12.3. The van der Waals surface area contributed by atoms with E-state index in [4.69, 9.17) is 9.47 Å². The van der Waals surface area contributed by atoms with Crippen LogP contribution in [-0.4, -0.2) is 18.2 Å². The van der Waals surface area contributed by atoms with Crippen LogP contribution in [0.15, 0.2) is 41.2 Å². The number of fused-ring (bicyclic) bond motifs is 2. The van der Waals surface area contributed by atoms with Gasteiger partial charge in [0.1, 0.15) is 13.2 Å². The lowest BCUT2D eigenvalue weighted by Crippen LogP contribution is -2.17. The topological polar surface area (TPSA) is 63.4 Å². The molecule has 2 aromatic carbocycles. The standard InChI is InChI=1S/C20H20N2O3/c1-12-7-14-9-15(20(23)22-17(14)8-13(12)2)11-21-16-3-4-18-19(10-16)25-6-5-24-18/h3-4,7-10,21H,5-6,11H2,1-2H3,(H,22,23). The van der Waals surface area contributed by atoms with Crippen molar-refractivity contribution in [2.24, 2.45) is 0 Å². The number of aromatic amines is 1. The lowest BCUT2D eigenvalue weighted by molar-refractivity contribution is 0.171. The summed E-state index contributed by atoms with van der Waals surface area (Å²) in [5.41, 5.74) is 4.78. The van der Waals surface area contributed by atoms with Crippen molar-refractivity contribution >= 4 is 16.6 Å². The van der Waals surface area contributed by atoms with Crippen LogP contribution in [0.1, 0.15) is 16.7 Å². The fraction of sp³-hybridized carbons (Fsp3) is 0.250. The maximum Gasteiger partial charge on any atom is 0.253 e. The van der Waals surface area contributed by atoms with Crippen molar-refractivity contribution in [3.63, 3.8) is 0 Å². The van der Waals surface area contributed by atoms with Gasteiger partial charge in [0.2, 0.25) is 0 Å². The normalized spacial score (nSPS) is 13.0. The number of H-pyrrole nitrogens is 1. The minimum Gasteiger partial charge on any atom is -0.486 e. The molecule has 128 valence electrons. The van der Waals surface area contributed by atoms with Gasteiger partial charge in [0.05, 0.1) is 0 Å². The molecule has 2 heterocycles. The number of aryl methyl sites for hydroxylation is 2. The largest absolute Gasteiger partial charge is 0.486 e. The number of anilines is 1. The molecule has 0 amide bonds. The van der Waals surface area contributed by atoms with Gasteiger partial charge >= 0.3 is 0 Å². The Morgan fingerprint density at radius 1 is 1.00 bits per heavy atom. The Balaban J connectivity index is 1.59. The summed E-state index contributed by atoms with van der Waals surface area (Å²) in [6.07, 6.45) is 0. The molecule has 0 radical (unpaired) electrons. The molecule has 0 spiro atoms. The van der Waals surface area contributed by atoms with Gasteiger partial charge < -0.3 is 19.8 Å². The molecule has 0 unspecified atom stereocenters. The Morgan fingerprint density at radius 2 is 1.76 bits per heavy atom. The number of pyridine rings is 1. The molecule has 5 heteroatoms. The Labute approximate surface area is 145 Å². The molecule has 0 saturated heterocycles. The highest BCUT2D eigenvalue weighted by Gasteiger charge is 2.12. The number of nitrogens with one attached hydrogen (secondary N) is 2. The van der Waals surface area contributed by atoms with E-state index in [1.54, 1.807) is 0 Å². The van der Waals surface area contributed by atoms with Crippen LogP contribution in [0.25, 0.3) is 10.9 Å². The molecular formula is C20H20N2O3. The third kappa shape index (κ3) is 3.05. The lowest BCUT2D eigenvalue weighted by atomic mass is 10.0. The first-order chi connectivity index (χ1) is 12.1. The van der Waals surface area contributed by atoms with E-state index in [-0.39, 0.29) is 5.56 Å². The van der Waals surface area contributed by atoms with E-state index in [9.17, 15) is 4.79 Å². The number of hydrogen-bond donors (Lipinski definition) is 2. The van der Waals surface area contributed by atoms with Crippen LogP contribution in [0, 0.1) is 13.8 Å². The first-order valence-corrected chi connectivity index (χ1v) is 8.37. The van der Waals surface area contributed by atoms with Gasteiger partial charge in [-0.25, -0.2) is 0 Å². The predicted molar refractivity (Wildman–Crippen MR) is 98.8 cm³/mol. The molecule has 1 aliphatic rings. The fourth-order valence-electron chi connectivity index (χ4n) is 3.00. The molecule has 4 rings (SSSR count). The summed E-state index contributed by atoms with van der Waals surface area (Å²) in [6, 6.07) is 11.8. The minimum absolute atomic E-state index is 0.0687. The van der Waals surface area contributed by atoms with E-state index >= 15 is 0 Å². The van der Waals surface area contributed by atoms with Crippen LogP contribution < -0.4 is 20.3 Å². The van der Waals surface area contributed by atoms with Gasteiger partial charge in [-0.1, -0.05) is 0 Å². The van der Waals surface area contributed by atoms with Gasteiger partial charge in [-0.05, 0) is 60.7 Å². The highest BCUT2D eigenvalue weighted by atomic mass is 16.6. The van der Waals surface area contributed by atoms with E-state index in [0.717, 1.165) is 28.1 Å². The maximum atomic E-state index is 12.3.